The number of methoxy groups -OCH3 is 1. The summed E-state index contributed by atoms with van der Waals surface area (Å²) in [5.41, 5.74) is 6.17. The van der Waals surface area contributed by atoms with Crippen LogP contribution >= 0.6 is 0 Å². The zero-order valence-corrected chi connectivity index (χ0v) is 38.2. The number of benzene rings is 2. The van der Waals surface area contributed by atoms with E-state index in [2.05, 4.69) is 65.7 Å². The Morgan fingerprint density at radius 2 is 1.56 bits per heavy atom. The van der Waals surface area contributed by atoms with Crippen LogP contribution < -0.4 is 25.6 Å². The second-order valence-electron chi connectivity index (χ2n) is 17.0. The van der Waals surface area contributed by atoms with Gasteiger partial charge in [0.2, 0.25) is 5.91 Å². The third-order valence-electron chi connectivity index (χ3n) is 11.4. The standard InChI is InChI=1S/C49H67N7O8/c1-36-32-55(43(31-52-36)34-59-5)33-46(57)56-35-49(3,4)47-45(56)29-39(30-53-47)27-38-7-6-8-44(28-38)64-26-25-63-24-23-62-22-21-61-20-19-60-18-17-51-37(2)40-9-11-41(12-10-40)48(58)54-42-13-15-50-16-14-42/h6-16,28-30,36-37,43,51-52H,17-27,31-35H2,1-5H3,(H,50,54,58)/t36-,37-,43-/m1/s1. The molecule has 15 nitrogen and oxygen atoms in total. The molecule has 0 radical (unpaired) electrons. The van der Waals surface area contributed by atoms with E-state index < -0.39 is 0 Å². The molecule has 0 bridgehead atoms. The Kier molecular flexibility index (Phi) is 19.0. The van der Waals surface area contributed by atoms with Gasteiger partial charge in [0, 0.05) is 86.7 Å². The summed E-state index contributed by atoms with van der Waals surface area (Å²) < 4.78 is 34.1. The zero-order chi connectivity index (χ0) is 45.2. The van der Waals surface area contributed by atoms with E-state index in [0.717, 1.165) is 46.9 Å². The molecule has 2 aromatic carbocycles. The number of piperazine rings is 1. The van der Waals surface area contributed by atoms with Gasteiger partial charge in [-0.15, -0.1) is 0 Å². The Morgan fingerprint density at radius 3 is 2.27 bits per heavy atom. The van der Waals surface area contributed by atoms with Crippen LogP contribution in [0.25, 0.3) is 0 Å². The first-order chi connectivity index (χ1) is 31.1. The highest BCUT2D eigenvalue weighted by Gasteiger charge is 2.40. The fraction of sp³-hybridized carbons (Fsp3) is 0.510. The average Bonchev–Trinajstić information content (AvgIpc) is 3.57. The third kappa shape index (κ3) is 14.9. The molecule has 0 aliphatic carbocycles. The summed E-state index contributed by atoms with van der Waals surface area (Å²) in [6.45, 7) is 16.7. The molecule has 0 spiro atoms. The molecular formula is C49H67N7O8. The molecule has 2 aliphatic rings. The van der Waals surface area contributed by atoms with Crippen LogP contribution in [0.3, 0.4) is 0 Å². The maximum absolute atomic E-state index is 13.8. The second kappa shape index (κ2) is 25.0. The molecule has 2 aliphatic heterocycles. The molecule has 15 heteroatoms. The smallest absolute Gasteiger partial charge is 0.255 e. The molecule has 4 aromatic rings. The topological polar surface area (TPSA) is 158 Å². The lowest BCUT2D eigenvalue weighted by atomic mass is 9.91. The first-order valence-corrected chi connectivity index (χ1v) is 22.4. The van der Waals surface area contributed by atoms with Gasteiger partial charge in [-0.1, -0.05) is 38.1 Å². The molecule has 2 amide bonds. The number of anilines is 2. The monoisotopic (exact) mass is 882 g/mol. The summed E-state index contributed by atoms with van der Waals surface area (Å²) in [7, 11) is 1.71. The minimum Gasteiger partial charge on any atom is -0.491 e. The number of aromatic nitrogens is 2. The summed E-state index contributed by atoms with van der Waals surface area (Å²) >= 11 is 0. The van der Waals surface area contributed by atoms with Gasteiger partial charge in [-0.05, 0) is 79.4 Å². The van der Waals surface area contributed by atoms with Crippen LogP contribution in [0.5, 0.6) is 5.75 Å². The van der Waals surface area contributed by atoms with Crippen LogP contribution in [0.2, 0.25) is 0 Å². The van der Waals surface area contributed by atoms with E-state index in [0.29, 0.717) is 109 Å². The first-order valence-electron chi connectivity index (χ1n) is 22.4. The molecule has 4 heterocycles. The molecule has 0 saturated carbocycles. The number of carbonyl (C=O) groups excluding carboxylic acids is 2. The van der Waals surface area contributed by atoms with Crippen LogP contribution in [0.1, 0.15) is 66.5 Å². The predicted octanol–water partition coefficient (Wildman–Crippen LogP) is 5.05. The number of amides is 2. The predicted molar refractivity (Wildman–Crippen MR) is 247 cm³/mol. The lowest BCUT2D eigenvalue weighted by Crippen LogP contribution is -2.59. The van der Waals surface area contributed by atoms with E-state index >= 15 is 0 Å². The van der Waals surface area contributed by atoms with Gasteiger partial charge >= 0.3 is 0 Å². The van der Waals surface area contributed by atoms with Crippen molar-refractivity contribution >= 4 is 23.2 Å². The number of nitrogens with zero attached hydrogens (tertiary/aromatic N) is 4. The zero-order valence-electron chi connectivity index (χ0n) is 38.2. The Bertz CT molecular complexity index is 2040. The van der Waals surface area contributed by atoms with E-state index in [4.69, 9.17) is 33.4 Å². The van der Waals surface area contributed by atoms with Crippen molar-refractivity contribution < 1.29 is 38.0 Å². The van der Waals surface area contributed by atoms with Crippen molar-refractivity contribution in [3.05, 3.63) is 113 Å². The molecule has 6 rings (SSSR count). The van der Waals surface area contributed by atoms with Crippen LogP contribution in [0.15, 0.2) is 85.3 Å². The summed E-state index contributed by atoms with van der Waals surface area (Å²) in [6.07, 6.45) is 5.89. The lowest BCUT2D eigenvalue weighted by Gasteiger charge is -2.39. The summed E-state index contributed by atoms with van der Waals surface area (Å²) in [5.74, 6) is 0.715. The quantitative estimate of drug-likeness (QED) is 0.0721. The highest BCUT2D eigenvalue weighted by Crippen LogP contribution is 2.40. The van der Waals surface area contributed by atoms with E-state index in [1.165, 1.54) is 0 Å². The van der Waals surface area contributed by atoms with Gasteiger partial charge in [0.1, 0.15) is 12.4 Å². The lowest BCUT2D eigenvalue weighted by molar-refractivity contribution is -0.121. The SMILES string of the molecule is COC[C@H]1CN[C@H](C)CN1CC(=O)N1CC(C)(C)c2ncc(Cc3cccc(OCCOCCOCCOCCOCCN[C@H](C)c4ccc(C(=O)Nc5ccncc5)cc4)c3)cc21. The number of hydrogen-bond acceptors (Lipinski definition) is 13. The Morgan fingerprint density at radius 1 is 0.875 bits per heavy atom. The number of hydrogen-bond donors (Lipinski definition) is 3. The van der Waals surface area contributed by atoms with Crippen LogP contribution in [-0.2, 0) is 40.3 Å². The van der Waals surface area contributed by atoms with Gasteiger partial charge in [-0.3, -0.25) is 24.5 Å². The second-order valence-corrected chi connectivity index (χ2v) is 17.0. The summed E-state index contributed by atoms with van der Waals surface area (Å²) in [5, 5.41) is 9.82. The van der Waals surface area contributed by atoms with Gasteiger partial charge < -0.3 is 49.3 Å². The van der Waals surface area contributed by atoms with Gasteiger partial charge in [0.05, 0.1) is 77.4 Å². The summed E-state index contributed by atoms with van der Waals surface area (Å²) in [4.78, 5) is 39.4. The van der Waals surface area contributed by atoms with Crippen LogP contribution in [0.4, 0.5) is 11.4 Å². The Balaban J connectivity index is 0.787. The fourth-order valence-corrected chi connectivity index (χ4v) is 7.93. The van der Waals surface area contributed by atoms with E-state index in [1.807, 2.05) is 53.6 Å². The van der Waals surface area contributed by atoms with Gasteiger partial charge in [-0.25, -0.2) is 0 Å². The number of pyridine rings is 2. The average molecular weight is 882 g/mol. The number of ether oxygens (including phenoxy) is 6. The van der Waals surface area contributed by atoms with Crippen molar-refractivity contribution in [1.82, 2.24) is 25.5 Å². The summed E-state index contributed by atoms with van der Waals surface area (Å²) in [6, 6.07) is 21.9. The highest BCUT2D eigenvalue weighted by molar-refractivity contribution is 6.04. The molecule has 346 valence electrons. The van der Waals surface area contributed by atoms with Gasteiger partial charge in [0.25, 0.3) is 5.91 Å². The van der Waals surface area contributed by atoms with Crippen molar-refractivity contribution in [2.45, 2.75) is 57.7 Å². The molecule has 1 fully saturated rings. The van der Waals surface area contributed by atoms with Crippen LogP contribution in [-0.4, -0.2) is 145 Å². The van der Waals surface area contributed by atoms with E-state index in [-0.39, 0.29) is 29.3 Å². The normalized spacial score (nSPS) is 17.5. The largest absolute Gasteiger partial charge is 0.491 e. The minimum atomic E-state index is -0.235. The molecule has 2 aromatic heterocycles. The first kappa shape index (κ1) is 48.6. The molecule has 1 saturated heterocycles. The fourth-order valence-electron chi connectivity index (χ4n) is 7.93. The number of fused-ring (bicyclic) bond motifs is 1. The Labute approximate surface area is 378 Å². The number of nitrogens with one attached hydrogen (secondary N) is 3. The van der Waals surface area contributed by atoms with Crippen molar-refractivity contribution in [2.24, 2.45) is 0 Å². The number of rotatable bonds is 26. The van der Waals surface area contributed by atoms with Crippen molar-refractivity contribution in [1.29, 1.82) is 0 Å². The highest BCUT2D eigenvalue weighted by atomic mass is 16.6. The number of carbonyl (C=O) groups is 2. The van der Waals surface area contributed by atoms with Gasteiger partial charge in [0.15, 0.2) is 0 Å². The van der Waals surface area contributed by atoms with Crippen molar-refractivity contribution in [3.8, 4) is 5.75 Å². The van der Waals surface area contributed by atoms with Crippen molar-refractivity contribution in [3.63, 3.8) is 0 Å². The third-order valence-corrected chi connectivity index (χ3v) is 11.4. The molecule has 0 unspecified atom stereocenters. The van der Waals surface area contributed by atoms with Crippen molar-refractivity contribution in [2.75, 3.05) is 116 Å². The van der Waals surface area contributed by atoms with Gasteiger partial charge in [-0.2, -0.15) is 0 Å². The molecule has 3 atom stereocenters. The molecule has 3 N–H and O–H groups in total. The van der Waals surface area contributed by atoms with E-state index in [1.54, 1.807) is 31.6 Å². The van der Waals surface area contributed by atoms with E-state index in [9.17, 15) is 9.59 Å². The maximum atomic E-state index is 13.8. The molecule has 64 heavy (non-hydrogen) atoms. The minimum absolute atomic E-state index is 0.0939. The Hall–Kier alpha value is -4.84. The van der Waals surface area contributed by atoms with Crippen LogP contribution in [0, 0.1) is 0 Å². The maximum Gasteiger partial charge on any atom is 0.255 e. The molecular weight excluding hydrogens is 815 g/mol.